The van der Waals surface area contributed by atoms with Crippen LogP contribution in [0.3, 0.4) is 0 Å². The Labute approximate surface area is 315 Å². The molecule has 0 radical (unpaired) electrons. The second-order valence-corrected chi connectivity index (χ2v) is 15.6. The maximum absolute atomic E-state index is 6.55. The Morgan fingerprint density at radius 3 is 1.85 bits per heavy atom. The number of fused-ring (bicyclic) bond motifs is 12. The van der Waals surface area contributed by atoms with Crippen molar-refractivity contribution in [3.63, 3.8) is 0 Å². The molecule has 2 aromatic heterocycles. The highest BCUT2D eigenvalue weighted by Crippen LogP contribution is 2.45. The van der Waals surface area contributed by atoms with Crippen LogP contribution < -0.4 is 10.4 Å². The summed E-state index contributed by atoms with van der Waals surface area (Å²) in [5.74, 6) is 0. The monoisotopic (exact) mass is 704 g/mol. The second-order valence-electron chi connectivity index (χ2n) is 14.6. The van der Waals surface area contributed by atoms with Crippen LogP contribution in [0.4, 0.5) is 0 Å². The summed E-state index contributed by atoms with van der Waals surface area (Å²) < 4.78 is 9.13. The third kappa shape index (κ3) is 4.26. The lowest BCUT2D eigenvalue weighted by atomic mass is 9.84. The van der Waals surface area contributed by atoms with E-state index in [2.05, 4.69) is 164 Å². The Kier molecular flexibility index (Phi) is 6.40. The lowest BCUT2D eigenvalue weighted by molar-refractivity contribution is 0.673. The van der Waals surface area contributed by atoms with Crippen LogP contribution in [0.1, 0.15) is 12.8 Å². The van der Waals surface area contributed by atoms with Gasteiger partial charge in [-0.2, -0.15) is 0 Å². The molecule has 9 aromatic carbocycles. The molecule has 0 amide bonds. The molecule has 0 bridgehead atoms. The zero-order valence-electron chi connectivity index (χ0n) is 29.4. The van der Waals surface area contributed by atoms with Gasteiger partial charge in [0, 0.05) is 36.3 Å². The molecule has 0 saturated carbocycles. The molecule has 0 N–H and O–H groups in total. The average molecular weight is 705 g/mol. The summed E-state index contributed by atoms with van der Waals surface area (Å²) in [6, 6.07) is 58.1. The molecule has 0 unspecified atom stereocenters. The van der Waals surface area contributed by atoms with Gasteiger partial charge in [-0.15, -0.1) is 11.3 Å². The Hall–Kier alpha value is -6.48. The molecule has 0 aliphatic heterocycles. The number of thiophene rings is 1. The average Bonchev–Trinajstić information content (AvgIpc) is 3.81. The smallest absolute Gasteiger partial charge is 0.144 e. The molecule has 54 heavy (non-hydrogen) atoms. The maximum Gasteiger partial charge on any atom is 0.144 e. The van der Waals surface area contributed by atoms with Crippen molar-refractivity contribution in [3.8, 4) is 33.4 Å². The minimum atomic E-state index is 0.937. The van der Waals surface area contributed by atoms with E-state index in [1.54, 1.807) is 0 Å². The number of benzene rings is 9. The summed E-state index contributed by atoms with van der Waals surface area (Å²) in [5.41, 5.74) is 9.64. The largest absolute Gasteiger partial charge is 0.455 e. The van der Waals surface area contributed by atoms with Gasteiger partial charge >= 0.3 is 0 Å². The quantitative estimate of drug-likeness (QED) is 0.178. The van der Waals surface area contributed by atoms with Crippen LogP contribution in [0.2, 0.25) is 0 Å². The van der Waals surface area contributed by atoms with Crippen molar-refractivity contribution in [2.75, 3.05) is 0 Å². The molecular weight excluding hydrogens is 673 g/mol. The van der Waals surface area contributed by atoms with Crippen molar-refractivity contribution >= 4 is 97.9 Å². The Morgan fingerprint density at radius 2 is 1.06 bits per heavy atom. The third-order valence-electron chi connectivity index (χ3n) is 11.7. The highest BCUT2D eigenvalue weighted by atomic mass is 32.1. The van der Waals surface area contributed by atoms with Crippen molar-refractivity contribution in [1.82, 2.24) is 0 Å². The van der Waals surface area contributed by atoms with Gasteiger partial charge < -0.3 is 4.42 Å². The number of rotatable bonds is 3. The predicted octanol–water partition coefficient (Wildman–Crippen LogP) is 13.8. The van der Waals surface area contributed by atoms with Gasteiger partial charge in [0.05, 0.1) is 0 Å². The molecule has 11 aromatic rings. The second kappa shape index (κ2) is 11.5. The molecule has 0 saturated heterocycles. The molecule has 1 nitrogen and oxygen atoms in total. The summed E-state index contributed by atoms with van der Waals surface area (Å²) in [6.07, 6.45) is 7.05. The number of hydrogen-bond acceptors (Lipinski definition) is 2. The van der Waals surface area contributed by atoms with Crippen LogP contribution >= 0.6 is 11.3 Å². The molecule has 1 aliphatic carbocycles. The van der Waals surface area contributed by atoms with Crippen LogP contribution in [0.15, 0.2) is 162 Å². The molecular formula is C52H32OS. The van der Waals surface area contributed by atoms with Gasteiger partial charge in [-0.3, -0.25) is 0 Å². The van der Waals surface area contributed by atoms with E-state index in [4.69, 9.17) is 4.42 Å². The van der Waals surface area contributed by atoms with Crippen molar-refractivity contribution < 1.29 is 4.42 Å². The van der Waals surface area contributed by atoms with E-state index in [0.29, 0.717) is 0 Å². The summed E-state index contributed by atoms with van der Waals surface area (Å²) in [4.78, 5) is 0. The van der Waals surface area contributed by atoms with E-state index in [9.17, 15) is 0 Å². The van der Waals surface area contributed by atoms with Crippen LogP contribution in [0, 0.1) is 0 Å². The van der Waals surface area contributed by atoms with Gasteiger partial charge in [-0.1, -0.05) is 146 Å². The van der Waals surface area contributed by atoms with E-state index in [1.165, 1.54) is 107 Å². The Bertz CT molecular complexity index is 3490. The minimum absolute atomic E-state index is 0.937. The SMILES string of the molecule is C1=c2c(-c3ccccc3)c3ccccc3c(-c3ccc(-c4ccc5sc6c(ccc7ccc8c9ccccc9oc8c76)c5c4)c4ccccc34)c2=CCC1. The number of furan rings is 1. The van der Waals surface area contributed by atoms with Crippen LogP contribution in [-0.4, -0.2) is 0 Å². The van der Waals surface area contributed by atoms with Crippen molar-refractivity contribution in [2.24, 2.45) is 0 Å². The first-order valence-corrected chi connectivity index (χ1v) is 19.6. The fraction of sp³-hybridized carbons (Fsp3) is 0.0385. The standard InChI is InChI=1S/C52H32OS/c1-2-12-31(13-3-1)48-38-17-6-8-19-40(38)50(41-20-9-7-18-39(41)48)42-28-27-34(35-14-4-5-15-36(35)42)33-24-29-47-45(30-33)44-26-23-32-22-25-43-37-16-10-11-21-46(37)53-51(43)49(32)52(44)54-47/h1-6,8,10-30H,7,9H2. The summed E-state index contributed by atoms with van der Waals surface area (Å²) >= 11 is 1.87. The van der Waals surface area contributed by atoms with Crippen molar-refractivity contribution in [3.05, 3.63) is 168 Å². The molecule has 2 heteroatoms. The first kappa shape index (κ1) is 30.0. The fourth-order valence-corrected chi connectivity index (χ4v) is 10.6. The lowest BCUT2D eigenvalue weighted by Gasteiger charge is -2.19. The minimum Gasteiger partial charge on any atom is -0.455 e. The van der Waals surface area contributed by atoms with E-state index in [0.717, 1.165) is 24.0 Å². The molecule has 252 valence electrons. The summed E-state index contributed by atoms with van der Waals surface area (Å²) in [5, 5.41) is 15.2. The summed E-state index contributed by atoms with van der Waals surface area (Å²) in [7, 11) is 0. The Morgan fingerprint density at radius 1 is 0.426 bits per heavy atom. The van der Waals surface area contributed by atoms with Gasteiger partial charge in [0.2, 0.25) is 0 Å². The zero-order valence-corrected chi connectivity index (χ0v) is 30.2. The van der Waals surface area contributed by atoms with Crippen molar-refractivity contribution in [2.45, 2.75) is 12.8 Å². The van der Waals surface area contributed by atoms with E-state index < -0.39 is 0 Å². The molecule has 12 rings (SSSR count). The molecule has 2 heterocycles. The highest BCUT2D eigenvalue weighted by molar-refractivity contribution is 7.26. The number of para-hydroxylation sites is 1. The molecule has 1 aliphatic rings. The van der Waals surface area contributed by atoms with Gasteiger partial charge in [-0.05, 0) is 108 Å². The van der Waals surface area contributed by atoms with Gasteiger partial charge in [0.15, 0.2) is 0 Å². The zero-order chi connectivity index (χ0) is 35.3. The summed E-state index contributed by atoms with van der Waals surface area (Å²) in [6.45, 7) is 0. The molecule has 0 atom stereocenters. The predicted molar refractivity (Wildman–Crippen MR) is 233 cm³/mol. The molecule has 0 fully saturated rings. The van der Waals surface area contributed by atoms with Crippen molar-refractivity contribution in [1.29, 1.82) is 0 Å². The van der Waals surface area contributed by atoms with Gasteiger partial charge in [-0.25, -0.2) is 0 Å². The van der Waals surface area contributed by atoms with Gasteiger partial charge in [0.25, 0.3) is 0 Å². The lowest BCUT2D eigenvalue weighted by Crippen LogP contribution is -2.31. The normalized spacial score (nSPS) is 13.0. The third-order valence-corrected chi connectivity index (χ3v) is 12.9. The highest BCUT2D eigenvalue weighted by Gasteiger charge is 2.20. The first-order chi connectivity index (χ1) is 26.8. The maximum atomic E-state index is 6.55. The Balaban J connectivity index is 1.09. The van der Waals surface area contributed by atoms with Gasteiger partial charge in [0.1, 0.15) is 11.2 Å². The topological polar surface area (TPSA) is 13.1 Å². The fourth-order valence-electron chi connectivity index (χ4n) is 9.32. The van der Waals surface area contributed by atoms with Crippen LogP contribution in [-0.2, 0) is 0 Å². The molecule has 0 spiro atoms. The van der Waals surface area contributed by atoms with E-state index in [-0.39, 0.29) is 0 Å². The van der Waals surface area contributed by atoms with E-state index in [1.807, 2.05) is 17.4 Å². The van der Waals surface area contributed by atoms with Crippen LogP contribution in [0.25, 0.3) is 120 Å². The van der Waals surface area contributed by atoms with Crippen LogP contribution in [0.5, 0.6) is 0 Å². The number of hydrogen-bond donors (Lipinski definition) is 0. The first-order valence-electron chi connectivity index (χ1n) is 18.8. The van der Waals surface area contributed by atoms with E-state index >= 15 is 0 Å².